The van der Waals surface area contributed by atoms with Crippen LogP contribution in [0.15, 0.2) is 58.6 Å². The lowest BCUT2D eigenvalue weighted by atomic mass is 10.0. The summed E-state index contributed by atoms with van der Waals surface area (Å²) in [6, 6.07) is 13.7. The number of amidine groups is 1. The van der Waals surface area contributed by atoms with Crippen molar-refractivity contribution in [3.05, 3.63) is 54.2 Å². The summed E-state index contributed by atoms with van der Waals surface area (Å²) in [5, 5.41) is 9.44. The molecule has 2 aromatic rings. The molecule has 0 spiro atoms. The van der Waals surface area contributed by atoms with Crippen molar-refractivity contribution in [1.29, 1.82) is 0 Å². The van der Waals surface area contributed by atoms with Crippen LogP contribution in [0.3, 0.4) is 0 Å². The van der Waals surface area contributed by atoms with Crippen LogP contribution in [0, 0.1) is 5.92 Å². The second kappa shape index (κ2) is 6.90. The van der Waals surface area contributed by atoms with Gasteiger partial charge in [0.25, 0.3) is 0 Å². The van der Waals surface area contributed by atoms with Gasteiger partial charge in [-0.1, -0.05) is 44.2 Å². The molecule has 130 valence electrons. The van der Waals surface area contributed by atoms with Crippen LogP contribution in [0.1, 0.15) is 19.4 Å². The van der Waals surface area contributed by atoms with Gasteiger partial charge in [0.05, 0.1) is 11.9 Å². The Morgan fingerprint density at radius 1 is 1.12 bits per heavy atom. The first-order chi connectivity index (χ1) is 12.0. The van der Waals surface area contributed by atoms with Gasteiger partial charge in [0.1, 0.15) is 11.7 Å². The Kier molecular flexibility index (Phi) is 4.67. The highest BCUT2D eigenvalue weighted by molar-refractivity contribution is 6.10. The molecular weight excluding hydrogens is 314 g/mol. The van der Waals surface area contributed by atoms with E-state index in [9.17, 15) is 0 Å². The van der Waals surface area contributed by atoms with Crippen LogP contribution in [0.2, 0.25) is 0 Å². The number of guanidine groups is 1. The molecule has 0 aliphatic carbocycles. The number of hydrogen-bond acceptors (Lipinski definition) is 7. The summed E-state index contributed by atoms with van der Waals surface area (Å²) < 4.78 is 0. The highest BCUT2D eigenvalue weighted by atomic mass is 15.4. The van der Waals surface area contributed by atoms with E-state index in [1.807, 2.05) is 63.4 Å². The van der Waals surface area contributed by atoms with Gasteiger partial charge in [0.15, 0.2) is 5.79 Å². The predicted molar refractivity (Wildman–Crippen MR) is 103 cm³/mol. The zero-order chi connectivity index (χ0) is 17.9. The number of pyridine rings is 1. The topological polar surface area (TPSA) is 99.7 Å². The van der Waals surface area contributed by atoms with E-state index in [1.54, 1.807) is 6.20 Å². The Morgan fingerprint density at radius 2 is 1.88 bits per heavy atom. The average molecular weight is 337 g/mol. The fourth-order valence-corrected chi connectivity index (χ4v) is 2.36. The molecule has 5 N–H and O–H groups in total. The summed E-state index contributed by atoms with van der Waals surface area (Å²) in [6.45, 7) is 4.04. The molecule has 0 radical (unpaired) electrons. The van der Waals surface area contributed by atoms with Crippen molar-refractivity contribution >= 4 is 23.3 Å². The van der Waals surface area contributed by atoms with E-state index in [4.69, 9.17) is 5.73 Å². The third-order valence-electron chi connectivity index (χ3n) is 4.03. The van der Waals surface area contributed by atoms with Crippen molar-refractivity contribution in [3.63, 3.8) is 0 Å². The minimum atomic E-state index is -0.937. The van der Waals surface area contributed by atoms with Crippen molar-refractivity contribution in [2.75, 3.05) is 17.7 Å². The fourth-order valence-electron chi connectivity index (χ4n) is 2.36. The lowest BCUT2D eigenvalue weighted by molar-refractivity contribution is 0.295. The number of hydrogen-bond donors (Lipinski definition) is 4. The number of nitrogens with zero attached hydrogens (tertiary/aromatic N) is 3. The number of nitrogens with one attached hydrogen (secondary N) is 3. The van der Waals surface area contributed by atoms with Gasteiger partial charge >= 0.3 is 0 Å². The zero-order valence-corrected chi connectivity index (χ0v) is 14.6. The van der Waals surface area contributed by atoms with Crippen LogP contribution in [-0.4, -0.2) is 29.6 Å². The van der Waals surface area contributed by atoms with Crippen molar-refractivity contribution in [1.82, 2.24) is 10.3 Å². The van der Waals surface area contributed by atoms with E-state index in [0.29, 0.717) is 11.8 Å². The van der Waals surface area contributed by atoms with E-state index in [-0.39, 0.29) is 5.92 Å². The van der Waals surface area contributed by atoms with Gasteiger partial charge in [-0.05, 0) is 12.1 Å². The first-order valence-electron chi connectivity index (χ1n) is 8.22. The Morgan fingerprint density at radius 3 is 2.48 bits per heavy atom. The third-order valence-corrected chi connectivity index (χ3v) is 4.03. The minimum Gasteiger partial charge on any atom is -0.373 e. The average Bonchev–Trinajstić information content (AvgIpc) is 2.62. The molecule has 1 aromatic carbocycles. The van der Waals surface area contributed by atoms with Crippen molar-refractivity contribution in [2.24, 2.45) is 21.6 Å². The summed E-state index contributed by atoms with van der Waals surface area (Å²) in [6.07, 6.45) is 1.72. The normalized spacial score (nSPS) is 19.7. The maximum atomic E-state index is 6.47. The molecule has 0 amide bonds. The highest BCUT2D eigenvalue weighted by Crippen LogP contribution is 2.19. The molecule has 0 fully saturated rings. The van der Waals surface area contributed by atoms with Crippen molar-refractivity contribution in [2.45, 2.75) is 19.6 Å². The van der Waals surface area contributed by atoms with E-state index >= 15 is 0 Å². The second-order valence-electron chi connectivity index (χ2n) is 6.17. The monoisotopic (exact) mass is 337 g/mol. The standard InChI is InChI=1S/C18H23N7/c1-12(2)18(19)24-16(13-7-5-4-6-8-13)23-17(25-18)22-14-9-10-15(20-3)21-11-14/h4-12H,19H2,1-3H3,(H,20,21)(H2,22,23,24,25). The molecule has 25 heavy (non-hydrogen) atoms. The summed E-state index contributed by atoms with van der Waals surface area (Å²) in [5.74, 6) is 1.07. The smallest absolute Gasteiger partial charge is 0.228 e. The largest absolute Gasteiger partial charge is 0.373 e. The number of aliphatic imine (C=N–C) groups is 2. The quantitative estimate of drug-likeness (QED) is 0.685. The lowest BCUT2D eigenvalue weighted by Crippen LogP contribution is -2.61. The molecule has 1 atom stereocenters. The van der Waals surface area contributed by atoms with Gasteiger partial charge in [0.2, 0.25) is 5.96 Å². The van der Waals surface area contributed by atoms with Crippen molar-refractivity contribution in [3.8, 4) is 0 Å². The van der Waals surface area contributed by atoms with Gasteiger partial charge in [-0.15, -0.1) is 0 Å². The van der Waals surface area contributed by atoms with Crippen LogP contribution in [0.4, 0.5) is 11.5 Å². The van der Waals surface area contributed by atoms with E-state index in [2.05, 4.69) is 30.9 Å². The molecule has 7 nitrogen and oxygen atoms in total. The Bertz CT molecular complexity index is 781. The van der Waals surface area contributed by atoms with E-state index < -0.39 is 5.79 Å². The SMILES string of the molecule is CNc1ccc(NC2=NC(N)(C(C)C)NC(c3ccccc3)=N2)cn1. The van der Waals surface area contributed by atoms with Crippen LogP contribution in [0.25, 0.3) is 0 Å². The number of nitrogens with two attached hydrogens (primary N) is 1. The van der Waals surface area contributed by atoms with Gasteiger partial charge in [-0.3, -0.25) is 5.73 Å². The molecule has 3 rings (SSSR count). The van der Waals surface area contributed by atoms with E-state index in [1.165, 1.54) is 0 Å². The highest BCUT2D eigenvalue weighted by Gasteiger charge is 2.33. The lowest BCUT2D eigenvalue weighted by Gasteiger charge is -2.35. The first-order valence-corrected chi connectivity index (χ1v) is 8.22. The molecular formula is C18H23N7. The molecule has 2 heterocycles. The minimum absolute atomic E-state index is 0.0725. The number of anilines is 2. The molecule has 1 aromatic heterocycles. The summed E-state index contributed by atoms with van der Waals surface area (Å²) in [4.78, 5) is 13.4. The molecule has 0 saturated carbocycles. The summed E-state index contributed by atoms with van der Waals surface area (Å²) >= 11 is 0. The number of rotatable bonds is 4. The Hall–Kier alpha value is -2.93. The van der Waals surface area contributed by atoms with E-state index in [0.717, 1.165) is 17.1 Å². The molecule has 0 saturated heterocycles. The van der Waals surface area contributed by atoms with Crippen LogP contribution < -0.4 is 21.7 Å². The van der Waals surface area contributed by atoms with Gasteiger partial charge in [-0.25, -0.2) is 9.98 Å². The first kappa shape index (κ1) is 16.9. The van der Waals surface area contributed by atoms with Gasteiger partial charge in [0, 0.05) is 18.5 Å². The maximum Gasteiger partial charge on any atom is 0.228 e. The fraction of sp³-hybridized carbons (Fsp3) is 0.278. The Balaban J connectivity index is 1.93. The molecule has 7 heteroatoms. The predicted octanol–water partition coefficient (Wildman–Crippen LogP) is 2.21. The molecule has 1 aliphatic heterocycles. The Labute approximate surface area is 147 Å². The maximum absolute atomic E-state index is 6.47. The molecule has 1 unspecified atom stereocenters. The summed E-state index contributed by atoms with van der Waals surface area (Å²) in [5.41, 5.74) is 8.22. The van der Waals surface area contributed by atoms with Crippen molar-refractivity contribution < 1.29 is 0 Å². The van der Waals surface area contributed by atoms with Gasteiger partial charge in [-0.2, -0.15) is 4.99 Å². The third kappa shape index (κ3) is 3.77. The number of benzene rings is 1. The van der Waals surface area contributed by atoms with Crippen LogP contribution in [0.5, 0.6) is 0 Å². The van der Waals surface area contributed by atoms with Crippen LogP contribution in [-0.2, 0) is 0 Å². The second-order valence-corrected chi connectivity index (χ2v) is 6.17. The summed E-state index contributed by atoms with van der Waals surface area (Å²) in [7, 11) is 1.83. The molecule has 0 bridgehead atoms. The molecule has 1 aliphatic rings. The van der Waals surface area contributed by atoms with Crippen LogP contribution >= 0.6 is 0 Å². The zero-order valence-electron chi connectivity index (χ0n) is 14.6. The number of aromatic nitrogens is 1. The van der Waals surface area contributed by atoms with Gasteiger partial charge < -0.3 is 16.0 Å².